The molecule has 0 saturated heterocycles. The molecule has 3 N–H and O–H groups in total. The van der Waals surface area contributed by atoms with Gasteiger partial charge < -0.3 is 15.6 Å². The Morgan fingerprint density at radius 1 is 0.879 bits per heavy atom. The van der Waals surface area contributed by atoms with Gasteiger partial charge in [0.05, 0.1) is 5.69 Å². The van der Waals surface area contributed by atoms with Gasteiger partial charge in [0.25, 0.3) is 11.5 Å². The highest BCUT2D eigenvalue weighted by molar-refractivity contribution is 6.12. The third-order valence-corrected chi connectivity index (χ3v) is 5.27. The van der Waals surface area contributed by atoms with E-state index in [1.165, 1.54) is 6.07 Å². The summed E-state index contributed by atoms with van der Waals surface area (Å²) >= 11 is 0. The fraction of sp³-hybridized carbons (Fsp3) is 0.0385. The normalized spacial score (nSPS) is 10.8. The molecule has 0 aliphatic carbocycles. The number of amides is 1. The molecule has 7 heteroatoms. The van der Waals surface area contributed by atoms with Crippen molar-refractivity contribution in [1.29, 1.82) is 0 Å². The number of fused-ring (bicyclic) bond motifs is 1. The monoisotopic (exact) mass is 435 g/mol. The van der Waals surface area contributed by atoms with Crippen LogP contribution in [-0.4, -0.2) is 20.5 Å². The number of para-hydroxylation sites is 1. The second-order valence-corrected chi connectivity index (χ2v) is 7.68. The number of anilines is 3. The van der Waals surface area contributed by atoms with Crippen LogP contribution in [0, 0.1) is 6.92 Å². The van der Waals surface area contributed by atoms with E-state index < -0.39 is 0 Å². The topological polar surface area (TPSA) is 91.3 Å². The molecule has 0 aliphatic heterocycles. The van der Waals surface area contributed by atoms with Gasteiger partial charge >= 0.3 is 0 Å². The number of benzene rings is 3. The van der Waals surface area contributed by atoms with Crippen LogP contribution in [-0.2, 0) is 0 Å². The summed E-state index contributed by atoms with van der Waals surface area (Å²) in [5, 5.41) is 10.8. The summed E-state index contributed by atoms with van der Waals surface area (Å²) in [6.45, 7) is 1.98. The number of carbonyl (C=O) groups excluding carboxylic acids is 1. The Morgan fingerprint density at radius 2 is 1.55 bits per heavy atom. The summed E-state index contributed by atoms with van der Waals surface area (Å²) in [5.74, 6) is -0.0435. The number of nitrogens with zero attached hydrogens (tertiary/aromatic N) is 2. The van der Waals surface area contributed by atoms with Crippen LogP contribution in [0.4, 0.5) is 17.2 Å². The van der Waals surface area contributed by atoms with Crippen molar-refractivity contribution in [2.45, 2.75) is 6.92 Å². The molecule has 7 nitrogen and oxygen atoms in total. The molecule has 0 radical (unpaired) electrons. The van der Waals surface area contributed by atoms with Crippen molar-refractivity contribution in [3.05, 3.63) is 112 Å². The third-order valence-electron chi connectivity index (χ3n) is 5.27. The number of rotatable bonds is 5. The average Bonchev–Trinajstić information content (AvgIpc) is 3.19. The first-order chi connectivity index (χ1) is 16.1. The molecule has 162 valence electrons. The van der Waals surface area contributed by atoms with E-state index in [9.17, 15) is 9.59 Å². The summed E-state index contributed by atoms with van der Waals surface area (Å²) in [6, 6.07) is 27.9. The van der Waals surface area contributed by atoms with E-state index >= 15 is 0 Å². The van der Waals surface area contributed by atoms with Crippen LogP contribution >= 0.6 is 0 Å². The maximum absolute atomic E-state index is 13.4. The van der Waals surface area contributed by atoms with Gasteiger partial charge in [0.2, 0.25) is 0 Å². The molecule has 1 amide bonds. The highest BCUT2D eigenvalue weighted by Crippen LogP contribution is 2.27. The number of aromatic nitrogens is 3. The highest BCUT2D eigenvalue weighted by Gasteiger charge is 2.23. The van der Waals surface area contributed by atoms with Gasteiger partial charge in [-0.15, -0.1) is 5.10 Å². The van der Waals surface area contributed by atoms with Crippen molar-refractivity contribution in [2.24, 2.45) is 0 Å². The standard InChI is InChI=1S/C26H21N5O2/c1-17-12-14-20(15-13-17)28-26(33)23-24(27-19-10-6-3-7-11-19)30-31-21(16-22(32)29-25(23)31)18-8-4-2-5-9-18/h2-16H,1H3,(H,27,30)(H,28,33)(H,29,32). The summed E-state index contributed by atoms with van der Waals surface area (Å²) in [4.78, 5) is 28.8. The van der Waals surface area contributed by atoms with Gasteiger partial charge in [-0.05, 0) is 31.2 Å². The van der Waals surface area contributed by atoms with Crippen molar-refractivity contribution in [3.63, 3.8) is 0 Å². The summed E-state index contributed by atoms with van der Waals surface area (Å²) in [5.41, 5.74) is 4.14. The van der Waals surface area contributed by atoms with Crippen LogP contribution in [0.3, 0.4) is 0 Å². The van der Waals surface area contributed by atoms with Crippen LogP contribution in [0.1, 0.15) is 15.9 Å². The Bertz CT molecular complexity index is 1490. The maximum Gasteiger partial charge on any atom is 0.263 e. The van der Waals surface area contributed by atoms with Crippen molar-refractivity contribution in [3.8, 4) is 11.3 Å². The number of carbonyl (C=O) groups is 1. The molecule has 2 aromatic heterocycles. The highest BCUT2D eigenvalue weighted by atomic mass is 16.2. The van der Waals surface area contributed by atoms with E-state index in [2.05, 4.69) is 20.7 Å². The van der Waals surface area contributed by atoms with Crippen molar-refractivity contribution in [2.75, 3.05) is 10.6 Å². The van der Waals surface area contributed by atoms with Gasteiger partial charge in [0.15, 0.2) is 11.5 Å². The quantitative estimate of drug-likeness (QED) is 0.363. The smallest absolute Gasteiger partial charge is 0.263 e. The van der Waals surface area contributed by atoms with E-state index in [0.717, 1.165) is 16.8 Å². The zero-order valence-corrected chi connectivity index (χ0v) is 17.9. The number of hydrogen-bond acceptors (Lipinski definition) is 4. The molecule has 0 unspecified atom stereocenters. The lowest BCUT2D eigenvalue weighted by Gasteiger charge is -2.08. The molecule has 2 heterocycles. The first kappa shape index (κ1) is 20.3. The largest absolute Gasteiger partial charge is 0.338 e. The first-order valence-corrected chi connectivity index (χ1v) is 10.5. The Labute approximate surface area is 189 Å². The lowest BCUT2D eigenvalue weighted by atomic mass is 10.1. The predicted molar refractivity (Wildman–Crippen MR) is 130 cm³/mol. The first-order valence-electron chi connectivity index (χ1n) is 10.5. The number of aromatic amines is 1. The van der Waals surface area contributed by atoms with E-state index in [1.54, 1.807) is 4.52 Å². The third kappa shape index (κ3) is 4.12. The molecule has 0 spiro atoms. The van der Waals surface area contributed by atoms with Gasteiger partial charge in [0.1, 0.15) is 5.56 Å². The van der Waals surface area contributed by atoms with Crippen molar-refractivity contribution in [1.82, 2.24) is 14.6 Å². The Morgan fingerprint density at radius 3 is 2.24 bits per heavy atom. The van der Waals surface area contributed by atoms with Crippen molar-refractivity contribution >= 4 is 28.7 Å². The number of aryl methyl sites for hydroxylation is 1. The number of hydrogen-bond donors (Lipinski definition) is 3. The molecular weight excluding hydrogens is 414 g/mol. The molecule has 3 aromatic carbocycles. The Balaban J connectivity index is 1.68. The van der Waals surface area contributed by atoms with E-state index in [-0.39, 0.29) is 17.0 Å². The zero-order valence-electron chi connectivity index (χ0n) is 17.9. The molecule has 0 fully saturated rings. The van der Waals surface area contributed by atoms with Gasteiger partial charge in [0, 0.05) is 23.0 Å². The fourth-order valence-electron chi connectivity index (χ4n) is 3.65. The van der Waals surface area contributed by atoms with Gasteiger partial charge in [-0.3, -0.25) is 9.59 Å². The molecule has 0 bridgehead atoms. The molecule has 0 aliphatic rings. The second kappa shape index (κ2) is 8.47. The minimum Gasteiger partial charge on any atom is -0.338 e. The molecule has 5 rings (SSSR count). The molecule has 33 heavy (non-hydrogen) atoms. The van der Waals surface area contributed by atoms with E-state index in [0.29, 0.717) is 22.8 Å². The van der Waals surface area contributed by atoms with Crippen LogP contribution in [0.25, 0.3) is 16.9 Å². The summed E-state index contributed by atoms with van der Waals surface area (Å²) in [7, 11) is 0. The Hall–Kier alpha value is -4.65. The van der Waals surface area contributed by atoms with Crippen LogP contribution in [0.15, 0.2) is 95.8 Å². The number of H-pyrrole nitrogens is 1. The molecule has 5 aromatic rings. The van der Waals surface area contributed by atoms with Crippen LogP contribution in [0.2, 0.25) is 0 Å². The van der Waals surface area contributed by atoms with Gasteiger partial charge in [-0.25, -0.2) is 4.52 Å². The average molecular weight is 435 g/mol. The summed E-state index contributed by atoms with van der Waals surface area (Å²) in [6.07, 6.45) is 0. The fourth-order valence-corrected chi connectivity index (χ4v) is 3.65. The van der Waals surface area contributed by atoms with Crippen LogP contribution in [0.5, 0.6) is 0 Å². The Kier molecular flexibility index (Phi) is 5.20. The van der Waals surface area contributed by atoms with E-state index in [4.69, 9.17) is 0 Å². The van der Waals surface area contributed by atoms with E-state index in [1.807, 2.05) is 91.9 Å². The molecule has 0 atom stereocenters. The predicted octanol–water partition coefficient (Wildman–Crippen LogP) is 4.99. The zero-order chi connectivity index (χ0) is 22.8. The minimum atomic E-state index is -0.381. The van der Waals surface area contributed by atoms with Crippen molar-refractivity contribution < 1.29 is 4.79 Å². The second-order valence-electron chi connectivity index (χ2n) is 7.68. The van der Waals surface area contributed by atoms with Gasteiger partial charge in [-0.1, -0.05) is 66.2 Å². The lowest BCUT2D eigenvalue weighted by Crippen LogP contribution is -2.16. The molecular formula is C26H21N5O2. The SMILES string of the molecule is Cc1ccc(NC(=O)c2c(Nc3ccccc3)nn3c(-c4ccccc4)cc(=O)[nH]c23)cc1. The summed E-state index contributed by atoms with van der Waals surface area (Å²) < 4.78 is 1.59. The van der Waals surface area contributed by atoms with Crippen LogP contribution < -0.4 is 16.2 Å². The maximum atomic E-state index is 13.4. The number of nitrogens with one attached hydrogen (secondary N) is 3. The van der Waals surface area contributed by atoms with Gasteiger partial charge in [-0.2, -0.15) is 0 Å². The minimum absolute atomic E-state index is 0.245. The molecule has 0 saturated carbocycles. The lowest BCUT2D eigenvalue weighted by molar-refractivity contribution is 0.102.